The van der Waals surface area contributed by atoms with E-state index in [1.54, 1.807) is 18.7 Å². The van der Waals surface area contributed by atoms with E-state index in [0.717, 1.165) is 38.8 Å². The van der Waals surface area contributed by atoms with Gasteiger partial charge in [-0.2, -0.15) is 9.40 Å². The number of nitrogens with zero attached hydrogens (tertiary/aromatic N) is 4. The van der Waals surface area contributed by atoms with Gasteiger partial charge in [-0.3, -0.25) is 9.48 Å². The Morgan fingerprint density at radius 1 is 1.12 bits per heavy atom. The Labute approximate surface area is 150 Å². The number of aryl methyl sites for hydroxylation is 1. The first-order valence-corrected chi connectivity index (χ1v) is 10.6. The molecule has 1 unspecified atom stereocenters. The third-order valence-corrected chi connectivity index (χ3v) is 7.43. The minimum absolute atomic E-state index is 0.129. The molecule has 1 aromatic rings. The van der Waals surface area contributed by atoms with E-state index in [1.165, 1.54) is 23.3 Å². The lowest BCUT2D eigenvalue weighted by Crippen LogP contribution is -2.47. The van der Waals surface area contributed by atoms with Crippen LogP contribution in [0.15, 0.2) is 11.1 Å². The van der Waals surface area contributed by atoms with Crippen molar-refractivity contribution < 1.29 is 13.2 Å². The summed E-state index contributed by atoms with van der Waals surface area (Å²) in [5.74, 6) is -0.0942. The lowest BCUT2D eigenvalue weighted by atomic mass is 9.98. The zero-order chi connectivity index (χ0) is 18.0. The Balaban J connectivity index is 1.74. The second kappa shape index (κ2) is 7.45. The number of rotatable bonds is 3. The fourth-order valence-electron chi connectivity index (χ4n) is 3.78. The van der Waals surface area contributed by atoms with Gasteiger partial charge in [0.25, 0.3) is 0 Å². The Morgan fingerprint density at radius 2 is 1.80 bits per heavy atom. The fraction of sp³-hybridized carbons (Fsp3) is 0.765. The van der Waals surface area contributed by atoms with Crippen LogP contribution in [0.4, 0.5) is 0 Å². The van der Waals surface area contributed by atoms with Crippen LogP contribution in [0.2, 0.25) is 0 Å². The lowest BCUT2D eigenvalue weighted by Gasteiger charge is -2.34. The first kappa shape index (κ1) is 18.4. The number of likely N-dealkylation sites (tertiary alicyclic amines) is 1. The van der Waals surface area contributed by atoms with Crippen molar-refractivity contribution >= 4 is 15.9 Å². The van der Waals surface area contributed by atoms with Crippen molar-refractivity contribution in [3.8, 4) is 0 Å². The highest BCUT2D eigenvalue weighted by Crippen LogP contribution is 2.27. The van der Waals surface area contributed by atoms with Gasteiger partial charge in [-0.1, -0.05) is 12.8 Å². The predicted molar refractivity (Wildman–Crippen MR) is 94.5 cm³/mol. The average Bonchev–Trinajstić information content (AvgIpc) is 2.82. The number of amides is 1. The third kappa shape index (κ3) is 3.74. The van der Waals surface area contributed by atoms with E-state index < -0.39 is 10.0 Å². The highest BCUT2D eigenvalue weighted by Gasteiger charge is 2.36. The number of hydrogen-bond donors (Lipinski definition) is 0. The lowest BCUT2D eigenvalue weighted by molar-refractivity contribution is -0.136. The maximum Gasteiger partial charge on any atom is 0.246 e. The Kier molecular flexibility index (Phi) is 5.48. The van der Waals surface area contributed by atoms with Gasteiger partial charge in [0, 0.05) is 33.2 Å². The van der Waals surface area contributed by atoms with E-state index in [4.69, 9.17) is 0 Å². The summed E-state index contributed by atoms with van der Waals surface area (Å²) in [6.07, 6.45) is 7.36. The molecule has 0 saturated carbocycles. The van der Waals surface area contributed by atoms with Gasteiger partial charge >= 0.3 is 0 Å². The molecule has 2 fully saturated rings. The number of hydrogen-bond acceptors (Lipinski definition) is 4. The first-order chi connectivity index (χ1) is 11.9. The van der Waals surface area contributed by atoms with Crippen molar-refractivity contribution in [3.05, 3.63) is 11.9 Å². The summed E-state index contributed by atoms with van der Waals surface area (Å²) in [5, 5.41) is 4.05. The van der Waals surface area contributed by atoms with E-state index >= 15 is 0 Å². The van der Waals surface area contributed by atoms with Crippen molar-refractivity contribution in [1.82, 2.24) is 19.0 Å². The fourth-order valence-corrected chi connectivity index (χ4v) is 5.49. The molecule has 0 aliphatic carbocycles. The van der Waals surface area contributed by atoms with Crippen LogP contribution in [0.1, 0.15) is 44.2 Å². The molecule has 1 atom stereocenters. The van der Waals surface area contributed by atoms with Crippen LogP contribution in [0, 0.1) is 12.8 Å². The van der Waals surface area contributed by atoms with Crippen molar-refractivity contribution in [2.24, 2.45) is 13.0 Å². The van der Waals surface area contributed by atoms with E-state index in [1.807, 2.05) is 4.90 Å². The molecule has 7 nitrogen and oxygen atoms in total. The van der Waals surface area contributed by atoms with Gasteiger partial charge < -0.3 is 4.90 Å². The maximum absolute atomic E-state index is 13.0. The monoisotopic (exact) mass is 368 g/mol. The SMILES string of the molecule is Cc1c(S(=O)(=O)N2CCCC(C(=O)N3CCCCCC3)C2)cnn1C. The van der Waals surface area contributed by atoms with Crippen molar-refractivity contribution in [2.75, 3.05) is 26.2 Å². The van der Waals surface area contributed by atoms with Crippen LogP contribution in [0.3, 0.4) is 0 Å². The molecule has 3 heterocycles. The van der Waals surface area contributed by atoms with Crippen molar-refractivity contribution in [2.45, 2.75) is 50.3 Å². The minimum atomic E-state index is -3.60. The van der Waals surface area contributed by atoms with Crippen LogP contribution < -0.4 is 0 Å². The van der Waals surface area contributed by atoms with Gasteiger partial charge in [0.1, 0.15) is 4.90 Å². The topological polar surface area (TPSA) is 75.5 Å². The molecule has 1 amide bonds. The highest BCUT2D eigenvalue weighted by molar-refractivity contribution is 7.89. The maximum atomic E-state index is 13.0. The van der Waals surface area contributed by atoms with Crippen LogP contribution >= 0.6 is 0 Å². The summed E-state index contributed by atoms with van der Waals surface area (Å²) >= 11 is 0. The quantitative estimate of drug-likeness (QED) is 0.811. The van der Waals surface area contributed by atoms with Crippen LogP contribution in [0.25, 0.3) is 0 Å². The summed E-state index contributed by atoms with van der Waals surface area (Å²) in [6, 6.07) is 0. The summed E-state index contributed by atoms with van der Waals surface area (Å²) in [4.78, 5) is 15.1. The van der Waals surface area contributed by atoms with Crippen LogP contribution in [-0.2, 0) is 21.9 Å². The molecule has 2 aliphatic heterocycles. The molecule has 25 heavy (non-hydrogen) atoms. The molecular formula is C17H28N4O3S. The van der Waals surface area contributed by atoms with E-state index in [0.29, 0.717) is 12.2 Å². The number of carbonyl (C=O) groups excluding carboxylic acids is 1. The Morgan fingerprint density at radius 3 is 2.40 bits per heavy atom. The average molecular weight is 369 g/mol. The molecule has 3 rings (SSSR count). The molecule has 0 bridgehead atoms. The Bertz CT molecular complexity index is 720. The molecule has 8 heteroatoms. The number of carbonyl (C=O) groups is 1. The van der Waals surface area contributed by atoms with Gasteiger partial charge in [0.15, 0.2) is 0 Å². The largest absolute Gasteiger partial charge is 0.342 e. The number of piperidine rings is 1. The Hall–Kier alpha value is -1.41. The van der Waals surface area contributed by atoms with Crippen molar-refractivity contribution in [1.29, 1.82) is 0 Å². The van der Waals surface area contributed by atoms with Crippen LogP contribution in [0.5, 0.6) is 0 Å². The summed E-state index contributed by atoms with van der Waals surface area (Å²) in [6.45, 7) is 4.13. The van der Waals surface area contributed by atoms with Gasteiger partial charge in [-0.05, 0) is 32.6 Å². The van der Waals surface area contributed by atoms with Gasteiger partial charge in [-0.25, -0.2) is 8.42 Å². The molecule has 0 aromatic carbocycles. The minimum Gasteiger partial charge on any atom is -0.342 e. The second-order valence-corrected chi connectivity index (χ2v) is 9.07. The first-order valence-electron chi connectivity index (χ1n) is 9.19. The third-order valence-electron chi connectivity index (χ3n) is 5.46. The van der Waals surface area contributed by atoms with E-state index in [-0.39, 0.29) is 23.3 Å². The molecule has 0 N–H and O–H groups in total. The zero-order valence-corrected chi connectivity index (χ0v) is 16.0. The van der Waals surface area contributed by atoms with E-state index in [9.17, 15) is 13.2 Å². The standard InChI is InChI=1S/C17H28N4O3S/c1-14-16(12-18-19(14)2)25(23,24)21-11-7-8-15(13-21)17(22)20-9-5-3-4-6-10-20/h12,15H,3-11,13H2,1-2H3. The number of aromatic nitrogens is 2. The molecule has 1 aromatic heterocycles. The second-order valence-electron chi connectivity index (χ2n) is 7.16. The molecule has 0 spiro atoms. The van der Waals surface area contributed by atoms with Crippen LogP contribution in [-0.4, -0.2) is 59.5 Å². The van der Waals surface area contributed by atoms with E-state index in [2.05, 4.69) is 5.10 Å². The molecule has 0 radical (unpaired) electrons. The van der Waals surface area contributed by atoms with Gasteiger partial charge in [0.2, 0.25) is 15.9 Å². The normalized spacial score (nSPS) is 23.4. The summed E-state index contributed by atoms with van der Waals surface area (Å²) in [5.41, 5.74) is 0.626. The molecular weight excluding hydrogens is 340 g/mol. The molecule has 2 aliphatic rings. The summed E-state index contributed by atoms with van der Waals surface area (Å²) < 4.78 is 29.0. The number of sulfonamides is 1. The zero-order valence-electron chi connectivity index (χ0n) is 15.1. The van der Waals surface area contributed by atoms with Crippen molar-refractivity contribution in [3.63, 3.8) is 0 Å². The highest BCUT2D eigenvalue weighted by atomic mass is 32.2. The predicted octanol–water partition coefficient (Wildman–Crippen LogP) is 1.53. The van der Waals surface area contributed by atoms with Gasteiger partial charge in [0.05, 0.1) is 17.8 Å². The van der Waals surface area contributed by atoms with Gasteiger partial charge in [-0.15, -0.1) is 0 Å². The molecule has 2 saturated heterocycles. The smallest absolute Gasteiger partial charge is 0.246 e. The molecule has 140 valence electrons. The summed E-state index contributed by atoms with van der Waals surface area (Å²) in [7, 11) is -1.86.